The molecular weight excluding hydrogens is 979 g/mol. The number of fused-ring (bicyclic) bond motifs is 2. The maximum Gasteiger partial charge on any atom is 0.325 e. The number of para-hydroxylation sites is 1. The van der Waals surface area contributed by atoms with Crippen LogP contribution in [0.4, 0.5) is 45.0 Å². The van der Waals surface area contributed by atoms with Gasteiger partial charge in [-0.05, 0) is 136 Å². The molecule has 2 fully saturated rings. The fourth-order valence-electron chi connectivity index (χ4n) is 10.4. The molecule has 0 saturated carbocycles. The van der Waals surface area contributed by atoms with Gasteiger partial charge in [0.2, 0.25) is 11.9 Å². The Labute approximate surface area is 449 Å². The van der Waals surface area contributed by atoms with E-state index in [1.807, 2.05) is 76.2 Å². The molecule has 4 amide bonds. The number of nitrogens with two attached hydrogens (primary N) is 1. The number of benzene rings is 5. The van der Waals surface area contributed by atoms with E-state index in [0.29, 0.717) is 63.9 Å². The van der Waals surface area contributed by atoms with Crippen LogP contribution >= 0.6 is 12.8 Å². The number of phenolic OH excluding ortho intramolecular Hbond substituents is 2. The Morgan fingerprint density at radius 1 is 0.882 bits per heavy atom. The molecule has 9 rings (SSSR count). The lowest BCUT2D eigenvalue weighted by Gasteiger charge is -2.34. The lowest BCUT2D eigenvalue weighted by Crippen LogP contribution is -2.41. The first kappa shape index (κ1) is 53.0. The van der Waals surface area contributed by atoms with Crippen molar-refractivity contribution in [3.8, 4) is 17.2 Å². The summed E-state index contributed by atoms with van der Waals surface area (Å²) in [5.74, 6) is 1.03. The van der Waals surface area contributed by atoms with Crippen molar-refractivity contribution in [1.29, 1.82) is 5.41 Å². The highest BCUT2D eigenvalue weighted by molar-refractivity contribution is 7.82. The zero-order valence-corrected chi connectivity index (χ0v) is 44.6. The van der Waals surface area contributed by atoms with Crippen LogP contribution in [0.25, 0.3) is 0 Å². The van der Waals surface area contributed by atoms with Crippen molar-refractivity contribution in [1.82, 2.24) is 20.2 Å². The number of piperidine rings is 2. The van der Waals surface area contributed by atoms with Crippen LogP contribution in [0.3, 0.4) is 0 Å². The average Bonchev–Trinajstić information content (AvgIpc) is 3.49. The van der Waals surface area contributed by atoms with Crippen LogP contribution in [0.5, 0.6) is 17.2 Å². The molecule has 2 saturated heterocycles. The Morgan fingerprint density at radius 3 is 2.26 bits per heavy atom. The van der Waals surface area contributed by atoms with Gasteiger partial charge in [-0.2, -0.15) is 4.98 Å². The third-order valence-electron chi connectivity index (χ3n) is 14.9. The van der Waals surface area contributed by atoms with Crippen LogP contribution in [0, 0.1) is 17.2 Å². The van der Waals surface area contributed by atoms with E-state index in [-0.39, 0.29) is 52.6 Å². The van der Waals surface area contributed by atoms with Crippen LogP contribution < -0.4 is 40.1 Å². The molecule has 17 nitrogen and oxygen atoms in total. The number of nitrogens with one attached hydrogen (secondary N) is 3. The van der Waals surface area contributed by atoms with Crippen LogP contribution in [0.15, 0.2) is 109 Å². The largest absolute Gasteiger partial charge is 0.508 e. The number of nitrogens with zero attached hydrogens (tertiary/aromatic N) is 7. The van der Waals surface area contributed by atoms with E-state index in [1.165, 1.54) is 22.6 Å². The number of amidine groups is 1. The Hall–Kier alpha value is -7.83. The monoisotopic (exact) mass is 1050 g/mol. The topological polar surface area (TPSA) is 217 Å². The quantitative estimate of drug-likeness (QED) is 0.0291. The molecule has 1 aromatic heterocycles. The molecule has 7 N–H and O–H groups in total. The summed E-state index contributed by atoms with van der Waals surface area (Å²) in [6, 6.07) is 31.1. The molecule has 76 heavy (non-hydrogen) atoms. The van der Waals surface area contributed by atoms with E-state index in [9.17, 15) is 24.6 Å². The van der Waals surface area contributed by atoms with Gasteiger partial charge in [-0.1, -0.05) is 75.2 Å². The van der Waals surface area contributed by atoms with Crippen molar-refractivity contribution in [3.63, 3.8) is 0 Å². The van der Waals surface area contributed by atoms with Crippen molar-refractivity contribution < 1.29 is 29.3 Å². The first-order chi connectivity index (χ1) is 36.6. The number of amides is 4. The molecule has 6 aromatic rings. The summed E-state index contributed by atoms with van der Waals surface area (Å²) in [5.41, 5.74) is 13.6. The summed E-state index contributed by atoms with van der Waals surface area (Å²) in [7, 11) is 1.70. The fourth-order valence-corrected chi connectivity index (χ4v) is 10.8. The lowest BCUT2D eigenvalue weighted by molar-refractivity contribution is -0.126. The third kappa shape index (κ3) is 11.5. The number of urea groups is 1. The van der Waals surface area contributed by atoms with Gasteiger partial charge in [0, 0.05) is 50.4 Å². The second-order valence-electron chi connectivity index (χ2n) is 20.3. The average molecular weight is 1050 g/mol. The molecule has 0 radical (unpaired) electrons. The molecule has 1 unspecified atom stereocenters. The lowest BCUT2D eigenvalue weighted by atomic mass is 9.90. The Bertz CT molecular complexity index is 3100. The number of thiol groups is 1. The first-order valence-electron chi connectivity index (χ1n) is 26.0. The highest BCUT2D eigenvalue weighted by atomic mass is 32.1. The SMILES string of the molecule is CCOc1cc(N2CCC(C(=O)NC(C)c3ccc(CN4CCC(Cc5ccc(N(C(=N)c6cc(C(C)C)c(O)cc6O)C(N)=O)cc5)CC4)cc3)CC2)ccc1Nc1ncc2c(n1)N(S)c1ccccc1C(=O)N2C. The second kappa shape index (κ2) is 23.0. The standard InChI is InChI=1S/C58H67N11O6S/c1-6-75-52-30-43(19-20-47(52)63-58-61-33-49-54(64-58)69(76)48-10-8-7-9-44(48)56(73)65(49)5)67-27-23-41(24-28-67)55(72)62-36(4)40-15-11-39(12-16-40)34-66-25-21-38(22-26-66)29-37-13-17-42(18-14-37)68(57(60)74)53(59)46-31-45(35(2)3)50(70)32-51(46)71/h7-20,30-33,35-36,38,41,59,70-71,76H,6,21-29,34H2,1-5H3,(H2,60,74)(H,62,72)(H,61,63,64). The molecule has 1 atom stereocenters. The number of carbonyl (C=O) groups excluding carboxylic acids is 3. The van der Waals surface area contributed by atoms with Gasteiger partial charge in [0.15, 0.2) is 5.82 Å². The number of carbonyl (C=O) groups is 3. The van der Waals surface area contributed by atoms with Crippen LogP contribution in [-0.4, -0.2) is 88.6 Å². The molecule has 3 aliphatic heterocycles. The predicted molar refractivity (Wildman–Crippen MR) is 302 cm³/mol. The first-order valence-corrected chi connectivity index (χ1v) is 26.4. The van der Waals surface area contributed by atoms with E-state index in [1.54, 1.807) is 35.7 Å². The molecule has 4 heterocycles. The minimum absolute atomic E-state index is 0.0653. The second-order valence-corrected chi connectivity index (χ2v) is 20.7. The van der Waals surface area contributed by atoms with Crippen LogP contribution in [0.1, 0.15) is 104 Å². The van der Waals surface area contributed by atoms with Gasteiger partial charge < -0.3 is 41.1 Å². The number of aromatic nitrogens is 2. The highest BCUT2D eigenvalue weighted by Gasteiger charge is 2.31. The number of primary amides is 1. The van der Waals surface area contributed by atoms with Crippen molar-refractivity contribution in [2.45, 2.75) is 78.3 Å². The number of hydrogen-bond donors (Lipinski definition) is 7. The number of rotatable bonds is 15. The van der Waals surface area contributed by atoms with Gasteiger partial charge in [0.1, 0.15) is 28.8 Å². The van der Waals surface area contributed by atoms with Crippen molar-refractivity contribution >= 4 is 76.7 Å². The molecule has 3 aliphatic rings. The van der Waals surface area contributed by atoms with Gasteiger partial charge in [0.05, 0.1) is 47.0 Å². The van der Waals surface area contributed by atoms with Gasteiger partial charge in [-0.25, -0.2) is 14.7 Å². The maximum absolute atomic E-state index is 13.6. The number of aromatic hydroxyl groups is 2. The van der Waals surface area contributed by atoms with Crippen LogP contribution in [-0.2, 0) is 17.8 Å². The van der Waals surface area contributed by atoms with Gasteiger partial charge in [-0.15, -0.1) is 0 Å². The molecule has 0 aliphatic carbocycles. The molecule has 18 heteroatoms. The number of hydrogen-bond acceptors (Lipinski definition) is 14. The molecule has 0 bridgehead atoms. The van der Waals surface area contributed by atoms with Gasteiger partial charge >= 0.3 is 6.03 Å². The van der Waals surface area contributed by atoms with E-state index in [4.69, 9.17) is 33.7 Å². The summed E-state index contributed by atoms with van der Waals surface area (Å²) in [4.78, 5) is 56.2. The van der Waals surface area contributed by atoms with Gasteiger partial charge in [0.25, 0.3) is 5.91 Å². The zero-order chi connectivity index (χ0) is 53.8. The van der Waals surface area contributed by atoms with E-state index < -0.39 is 6.03 Å². The minimum Gasteiger partial charge on any atom is -0.508 e. The molecule has 0 spiro atoms. The number of anilines is 7. The number of likely N-dealkylation sites (tertiary alicyclic amines) is 1. The summed E-state index contributed by atoms with van der Waals surface area (Å²) in [6.07, 6.45) is 6.07. The van der Waals surface area contributed by atoms with Crippen molar-refractivity contribution in [2.75, 3.05) is 64.2 Å². The van der Waals surface area contributed by atoms with E-state index >= 15 is 0 Å². The van der Waals surface area contributed by atoms with E-state index in [2.05, 4.69) is 49.7 Å². The molecule has 5 aromatic carbocycles. The highest BCUT2D eigenvalue weighted by Crippen LogP contribution is 2.41. The van der Waals surface area contributed by atoms with E-state index in [0.717, 1.165) is 86.5 Å². The predicted octanol–water partition coefficient (Wildman–Crippen LogP) is 10.2. The Balaban J connectivity index is 0.726. The molecular formula is C58H67N11O6S. The number of ether oxygens (including phenoxy) is 1. The normalized spacial score (nSPS) is 15.7. The van der Waals surface area contributed by atoms with Crippen molar-refractivity contribution in [3.05, 3.63) is 143 Å². The Kier molecular flexibility index (Phi) is 16.0. The maximum atomic E-state index is 13.6. The van der Waals surface area contributed by atoms with Gasteiger partial charge in [-0.3, -0.25) is 24.2 Å². The zero-order valence-electron chi connectivity index (χ0n) is 43.7. The van der Waals surface area contributed by atoms with Crippen LogP contribution in [0.2, 0.25) is 0 Å². The summed E-state index contributed by atoms with van der Waals surface area (Å²) in [6.45, 7) is 12.5. The third-order valence-corrected chi connectivity index (χ3v) is 15.3. The molecule has 396 valence electrons. The summed E-state index contributed by atoms with van der Waals surface area (Å²) in [5, 5.41) is 36.3. The van der Waals surface area contributed by atoms with Crippen molar-refractivity contribution in [2.24, 2.45) is 17.6 Å². The summed E-state index contributed by atoms with van der Waals surface area (Å²) >= 11 is 4.74. The Morgan fingerprint density at radius 2 is 1.58 bits per heavy atom. The fraction of sp³-hybridized carbons (Fsp3) is 0.345. The minimum atomic E-state index is -0.847. The summed E-state index contributed by atoms with van der Waals surface area (Å²) < 4.78 is 7.71. The number of phenols is 2. The smallest absolute Gasteiger partial charge is 0.325 e.